The van der Waals surface area contributed by atoms with E-state index in [-0.39, 0.29) is 18.4 Å². The fraction of sp³-hybridized carbons (Fsp3) is 0.185. The van der Waals surface area contributed by atoms with Crippen LogP contribution in [-0.4, -0.2) is 23.8 Å². The zero-order chi connectivity index (χ0) is 22.8. The molecule has 0 fully saturated rings. The summed E-state index contributed by atoms with van der Waals surface area (Å²) < 4.78 is 5.20. The second-order valence-electron chi connectivity index (χ2n) is 8.10. The summed E-state index contributed by atoms with van der Waals surface area (Å²) in [6.45, 7) is 6.15. The SMILES string of the molecule is COc1ccc(CN2C(=O)C(Nc3cc(C)ccc3C)=C(c3ccc(C)cc3)C2=O)cc1. The van der Waals surface area contributed by atoms with E-state index in [1.54, 1.807) is 7.11 Å². The highest BCUT2D eigenvalue weighted by Crippen LogP contribution is 2.32. The number of anilines is 1. The largest absolute Gasteiger partial charge is 0.497 e. The topological polar surface area (TPSA) is 58.6 Å². The second-order valence-corrected chi connectivity index (χ2v) is 8.10. The summed E-state index contributed by atoms with van der Waals surface area (Å²) in [5, 5.41) is 3.27. The zero-order valence-corrected chi connectivity index (χ0v) is 18.7. The average Bonchev–Trinajstić information content (AvgIpc) is 3.01. The predicted molar refractivity (Wildman–Crippen MR) is 126 cm³/mol. The average molecular weight is 427 g/mol. The molecule has 1 aliphatic rings. The van der Waals surface area contributed by atoms with Crippen molar-refractivity contribution in [1.29, 1.82) is 0 Å². The van der Waals surface area contributed by atoms with Crippen molar-refractivity contribution >= 4 is 23.1 Å². The van der Waals surface area contributed by atoms with Crippen molar-refractivity contribution in [3.05, 3.63) is 100 Å². The molecule has 3 aromatic rings. The van der Waals surface area contributed by atoms with Crippen molar-refractivity contribution in [1.82, 2.24) is 4.90 Å². The van der Waals surface area contributed by atoms with Crippen molar-refractivity contribution in [2.24, 2.45) is 0 Å². The quantitative estimate of drug-likeness (QED) is 0.563. The second kappa shape index (κ2) is 8.71. The summed E-state index contributed by atoms with van der Waals surface area (Å²) in [5.74, 6) is 0.0911. The van der Waals surface area contributed by atoms with E-state index in [4.69, 9.17) is 4.74 Å². The number of hydrogen-bond acceptors (Lipinski definition) is 4. The van der Waals surface area contributed by atoms with Crippen molar-refractivity contribution < 1.29 is 14.3 Å². The molecule has 0 bridgehead atoms. The summed E-state index contributed by atoms with van der Waals surface area (Å²) in [5.41, 5.74) is 6.25. The molecule has 1 heterocycles. The van der Waals surface area contributed by atoms with Crippen molar-refractivity contribution in [2.75, 3.05) is 12.4 Å². The van der Waals surface area contributed by atoms with Crippen LogP contribution in [0.1, 0.15) is 27.8 Å². The first-order chi connectivity index (χ1) is 15.4. The third kappa shape index (κ3) is 4.14. The Labute approximate surface area is 188 Å². The van der Waals surface area contributed by atoms with Crippen LogP contribution in [0, 0.1) is 20.8 Å². The first-order valence-corrected chi connectivity index (χ1v) is 10.5. The van der Waals surface area contributed by atoms with E-state index >= 15 is 0 Å². The number of hydrogen-bond donors (Lipinski definition) is 1. The van der Waals surface area contributed by atoms with Crippen LogP contribution in [0.15, 0.2) is 72.4 Å². The minimum atomic E-state index is -0.331. The van der Waals surface area contributed by atoms with Gasteiger partial charge in [0.05, 0.1) is 19.2 Å². The Bertz CT molecular complexity index is 1210. The Morgan fingerprint density at radius 3 is 2.12 bits per heavy atom. The summed E-state index contributed by atoms with van der Waals surface area (Å²) >= 11 is 0. The Kier molecular flexibility index (Phi) is 5.82. The summed E-state index contributed by atoms with van der Waals surface area (Å²) in [6.07, 6.45) is 0. The molecule has 32 heavy (non-hydrogen) atoms. The van der Waals surface area contributed by atoms with E-state index < -0.39 is 0 Å². The van der Waals surface area contributed by atoms with Gasteiger partial charge in [0.1, 0.15) is 11.4 Å². The molecule has 162 valence electrons. The summed E-state index contributed by atoms with van der Waals surface area (Å²) in [6, 6.07) is 21.0. The number of aryl methyl sites for hydroxylation is 3. The number of rotatable bonds is 6. The highest BCUT2D eigenvalue weighted by molar-refractivity contribution is 6.36. The number of amides is 2. The highest BCUT2D eigenvalue weighted by atomic mass is 16.5. The van der Waals surface area contributed by atoms with Gasteiger partial charge in [-0.15, -0.1) is 0 Å². The molecule has 0 saturated heterocycles. The van der Waals surface area contributed by atoms with Crippen molar-refractivity contribution in [3.63, 3.8) is 0 Å². The molecule has 0 aromatic heterocycles. The number of nitrogens with one attached hydrogen (secondary N) is 1. The van der Waals surface area contributed by atoms with Crippen LogP contribution < -0.4 is 10.1 Å². The molecule has 5 heteroatoms. The van der Waals surface area contributed by atoms with Gasteiger partial charge in [-0.25, -0.2) is 0 Å². The fourth-order valence-corrected chi connectivity index (χ4v) is 3.74. The van der Waals surface area contributed by atoms with Gasteiger partial charge < -0.3 is 10.1 Å². The monoisotopic (exact) mass is 426 g/mol. The number of carbonyl (C=O) groups excluding carboxylic acids is 2. The summed E-state index contributed by atoms with van der Waals surface area (Å²) in [4.78, 5) is 28.2. The Morgan fingerprint density at radius 2 is 1.47 bits per heavy atom. The van der Waals surface area contributed by atoms with E-state index in [0.717, 1.165) is 39.3 Å². The smallest absolute Gasteiger partial charge is 0.278 e. The number of carbonyl (C=O) groups is 2. The first kappa shape index (κ1) is 21.4. The van der Waals surface area contributed by atoms with Crippen LogP contribution in [-0.2, 0) is 16.1 Å². The third-order valence-electron chi connectivity index (χ3n) is 5.66. The molecule has 4 rings (SSSR count). The van der Waals surface area contributed by atoms with Crippen LogP contribution in [0.4, 0.5) is 5.69 Å². The predicted octanol–water partition coefficient (Wildman–Crippen LogP) is 5.01. The van der Waals surface area contributed by atoms with Gasteiger partial charge in [-0.05, 0) is 61.2 Å². The van der Waals surface area contributed by atoms with E-state index in [2.05, 4.69) is 5.32 Å². The molecule has 0 unspecified atom stereocenters. The first-order valence-electron chi connectivity index (χ1n) is 10.5. The van der Waals surface area contributed by atoms with Crippen LogP contribution >= 0.6 is 0 Å². The maximum absolute atomic E-state index is 13.5. The number of ether oxygens (including phenoxy) is 1. The molecule has 0 radical (unpaired) electrons. The fourth-order valence-electron chi connectivity index (χ4n) is 3.74. The van der Waals surface area contributed by atoms with Gasteiger partial charge in [0.25, 0.3) is 11.8 Å². The van der Waals surface area contributed by atoms with E-state index in [1.165, 1.54) is 4.90 Å². The molecule has 0 aliphatic carbocycles. The van der Waals surface area contributed by atoms with Gasteiger partial charge in [-0.1, -0.05) is 54.1 Å². The molecule has 0 spiro atoms. The van der Waals surface area contributed by atoms with Gasteiger partial charge in [-0.2, -0.15) is 0 Å². The Balaban J connectivity index is 1.73. The normalized spacial score (nSPS) is 13.7. The lowest BCUT2D eigenvalue weighted by molar-refractivity contribution is -0.137. The maximum atomic E-state index is 13.5. The number of nitrogens with zero attached hydrogens (tertiary/aromatic N) is 1. The molecule has 3 aromatic carbocycles. The lowest BCUT2D eigenvalue weighted by Gasteiger charge is -2.16. The molecule has 5 nitrogen and oxygen atoms in total. The molecule has 1 aliphatic heterocycles. The maximum Gasteiger partial charge on any atom is 0.278 e. The minimum absolute atomic E-state index is 0.189. The van der Waals surface area contributed by atoms with Crippen LogP contribution in [0.3, 0.4) is 0 Å². The number of imide groups is 1. The number of methoxy groups -OCH3 is 1. The van der Waals surface area contributed by atoms with Crippen LogP contribution in [0.25, 0.3) is 5.57 Å². The number of benzene rings is 3. The molecule has 1 N–H and O–H groups in total. The molecular weight excluding hydrogens is 400 g/mol. The van der Waals surface area contributed by atoms with Gasteiger partial charge in [0, 0.05) is 5.69 Å². The van der Waals surface area contributed by atoms with Crippen molar-refractivity contribution in [2.45, 2.75) is 27.3 Å². The van der Waals surface area contributed by atoms with Gasteiger partial charge in [-0.3, -0.25) is 14.5 Å². The van der Waals surface area contributed by atoms with Crippen LogP contribution in [0.5, 0.6) is 5.75 Å². The van der Waals surface area contributed by atoms with Crippen molar-refractivity contribution in [3.8, 4) is 5.75 Å². The zero-order valence-electron chi connectivity index (χ0n) is 18.7. The molecular formula is C27H26N2O3. The standard InChI is InChI=1S/C27H26N2O3/c1-17-6-11-21(12-7-17)24-25(28-23-15-18(2)5-8-19(23)3)27(31)29(26(24)30)16-20-9-13-22(32-4)14-10-20/h5-15,28H,16H2,1-4H3. The van der Waals surface area contributed by atoms with E-state index in [1.807, 2.05) is 87.5 Å². The van der Waals surface area contributed by atoms with E-state index in [0.29, 0.717) is 11.3 Å². The summed E-state index contributed by atoms with van der Waals surface area (Å²) in [7, 11) is 1.60. The highest BCUT2D eigenvalue weighted by Gasteiger charge is 2.39. The van der Waals surface area contributed by atoms with Gasteiger partial charge >= 0.3 is 0 Å². The lowest BCUT2D eigenvalue weighted by Crippen LogP contribution is -2.32. The minimum Gasteiger partial charge on any atom is -0.497 e. The van der Waals surface area contributed by atoms with Crippen LogP contribution in [0.2, 0.25) is 0 Å². The third-order valence-corrected chi connectivity index (χ3v) is 5.66. The lowest BCUT2D eigenvalue weighted by atomic mass is 10.0. The Morgan fingerprint density at radius 1 is 0.812 bits per heavy atom. The molecule has 0 saturated carbocycles. The van der Waals surface area contributed by atoms with Gasteiger partial charge in [0.2, 0.25) is 0 Å². The Hall–Kier alpha value is -3.86. The van der Waals surface area contributed by atoms with E-state index in [9.17, 15) is 9.59 Å². The molecule has 2 amide bonds. The van der Waals surface area contributed by atoms with Gasteiger partial charge in [0.15, 0.2) is 0 Å². The molecule has 0 atom stereocenters.